The Bertz CT molecular complexity index is 1150. The maximum atomic E-state index is 6.26. The minimum Gasteiger partial charge on any atom is -0.497 e. The summed E-state index contributed by atoms with van der Waals surface area (Å²) in [5.74, 6) is 3.07. The number of aromatic nitrogens is 2. The average molecular weight is 418 g/mol. The highest BCUT2D eigenvalue weighted by atomic mass is 16.5. The highest BCUT2D eigenvalue weighted by molar-refractivity contribution is 6.05. The highest BCUT2D eigenvalue weighted by Crippen LogP contribution is 2.43. The molecular formula is C24H26N4O3. The number of rotatable bonds is 8. The summed E-state index contributed by atoms with van der Waals surface area (Å²) >= 11 is 0. The molecule has 0 unspecified atom stereocenters. The van der Waals surface area contributed by atoms with Crippen molar-refractivity contribution in [2.75, 3.05) is 46.7 Å². The third-order valence-corrected chi connectivity index (χ3v) is 5.07. The molecule has 2 aromatic heterocycles. The van der Waals surface area contributed by atoms with Crippen LogP contribution < -0.4 is 14.8 Å². The lowest BCUT2D eigenvalue weighted by Crippen LogP contribution is -2.21. The number of methoxy groups -OCH3 is 2. The third-order valence-electron chi connectivity index (χ3n) is 5.07. The Kier molecular flexibility index (Phi) is 6.04. The lowest BCUT2D eigenvalue weighted by atomic mass is 9.99. The first-order valence-corrected chi connectivity index (χ1v) is 10.1. The van der Waals surface area contributed by atoms with Gasteiger partial charge in [-0.25, -0.2) is 9.97 Å². The molecule has 2 heterocycles. The van der Waals surface area contributed by atoms with Crippen LogP contribution in [-0.2, 0) is 0 Å². The van der Waals surface area contributed by atoms with E-state index in [-0.39, 0.29) is 0 Å². The second kappa shape index (κ2) is 9.06. The monoisotopic (exact) mass is 418 g/mol. The van der Waals surface area contributed by atoms with Gasteiger partial charge in [-0.2, -0.15) is 0 Å². The molecule has 0 aliphatic rings. The molecule has 0 radical (unpaired) electrons. The minimum absolute atomic E-state index is 0.541. The van der Waals surface area contributed by atoms with Crippen LogP contribution in [0.5, 0.6) is 11.5 Å². The van der Waals surface area contributed by atoms with E-state index in [4.69, 9.17) is 13.9 Å². The summed E-state index contributed by atoms with van der Waals surface area (Å²) < 4.78 is 16.9. The number of fused-ring (bicyclic) bond motifs is 1. The van der Waals surface area contributed by atoms with Gasteiger partial charge in [0.15, 0.2) is 0 Å². The molecule has 0 spiro atoms. The quantitative estimate of drug-likeness (QED) is 0.450. The van der Waals surface area contributed by atoms with Gasteiger partial charge in [-0.1, -0.05) is 12.1 Å². The van der Waals surface area contributed by atoms with Gasteiger partial charge in [-0.3, -0.25) is 0 Å². The van der Waals surface area contributed by atoms with Crippen LogP contribution in [0.15, 0.2) is 59.3 Å². The lowest BCUT2D eigenvalue weighted by Gasteiger charge is -2.12. The molecule has 0 aliphatic heterocycles. The number of nitrogens with one attached hydrogen (secondary N) is 1. The van der Waals surface area contributed by atoms with Gasteiger partial charge in [0.1, 0.15) is 29.4 Å². The Hall–Kier alpha value is -3.58. The van der Waals surface area contributed by atoms with E-state index < -0.39 is 0 Å². The third kappa shape index (κ3) is 4.32. The van der Waals surface area contributed by atoms with Crippen molar-refractivity contribution in [3.63, 3.8) is 0 Å². The number of benzene rings is 2. The Morgan fingerprint density at radius 2 is 1.48 bits per heavy atom. The fraction of sp³-hybridized carbons (Fsp3) is 0.250. The van der Waals surface area contributed by atoms with Crippen molar-refractivity contribution < 1.29 is 13.9 Å². The molecule has 0 saturated carbocycles. The van der Waals surface area contributed by atoms with Gasteiger partial charge < -0.3 is 24.1 Å². The van der Waals surface area contributed by atoms with Gasteiger partial charge in [0, 0.05) is 24.2 Å². The maximum absolute atomic E-state index is 6.26. The van der Waals surface area contributed by atoms with Crippen molar-refractivity contribution in [3.05, 3.63) is 54.9 Å². The summed E-state index contributed by atoms with van der Waals surface area (Å²) in [6, 6.07) is 15.7. The van der Waals surface area contributed by atoms with E-state index in [1.807, 2.05) is 62.6 Å². The molecule has 4 rings (SSSR count). The van der Waals surface area contributed by atoms with Crippen molar-refractivity contribution in [2.24, 2.45) is 0 Å². The van der Waals surface area contributed by atoms with Crippen molar-refractivity contribution in [1.82, 2.24) is 14.9 Å². The topological polar surface area (TPSA) is 72.7 Å². The Labute approximate surface area is 181 Å². The molecular weight excluding hydrogens is 392 g/mol. The molecule has 4 aromatic rings. The van der Waals surface area contributed by atoms with E-state index in [9.17, 15) is 0 Å². The first-order chi connectivity index (χ1) is 15.1. The van der Waals surface area contributed by atoms with Gasteiger partial charge in [-0.15, -0.1) is 0 Å². The zero-order valence-electron chi connectivity index (χ0n) is 18.2. The van der Waals surface area contributed by atoms with Gasteiger partial charge in [0.05, 0.1) is 19.6 Å². The second-order valence-corrected chi connectivity index (χ2v) is 7.40. The number of hydrogen-bond acceptors (Lipinski definition) is 7. The molecule has 7 nitrogen and oxygen atoms in total. The number of hydrogen-bond donors (Lipinski definition) is 1. The van der Waals surface area contributed by atoms with Gasteiger partial charge >= 0.3 is 0 Å². The van der Waals surface area contributed by atoms with Crippen LogP contribution >= 0.6 is 0 Å². The highest BCUT2D eigenvalue weighted by Gasteiger charge is 2.22. The normalized spacial score (nSPS) is 11.1. The largest absolute Gasteiger partial charge is 0.497 e. The standard InChI is InChI=1S/C24H26N4O3/c1-28(2)14-13-25-23-21-20(16-5-9-18(29-3)10-6-16)22(31-24(21)27-15-26-23)17-7-11-19(30-4)12-8-17/h5-12,15H,13-14H2,1-4H3,(H,25,26,27). The molecule has 7 heteroatoms. The van der Waals surface area contributed by atoms with E-state index in [0.717, 1.165) is 58.2 Å². The molecule has 31 heavy (non-hydrogen) atoms. The van der Waals surface area contributed by atoms with Gasteiger partial charge in [0.2, 0.25) is 5.71 Å². The Morgan fingerprint density at radius 1 is 0.871 bits per heavy atom. The number of furan rings is 1. The summed E-state index contributed by atoms with van der Waals surface area (Å²) in [6.45, 7) is 1.64. The molecule has 2 aromatic carbocycles. The van der Waals surface area contributed by atoms with E-state index in [1.165, 1.54) is 6.33 Å². The molecule has 0 amide bonds. The predicted octanol–water partition coefficient (Wildman–Crippen LogP) is 4.55. The Balaban J connectivity index is 1.89. The van der Waals surface area contributed by atoms with Crippen molar-refractivity contribution >= 4 is 16.9 Å². The average Bonchev–Trinajstić information content (AvgIpc) is 3.19. The maximum Gasteiger partial charge on any atom is 0.232 e. The summed E-state index contributed by atoms with van der Waals surface area (Å²) in [6.07, 6.45) is 1.53. The second-order valence-electron chi connectivity index (χ2n) is 7.40. The van der Waals surface area contributed by atoms with Crippen LogP contribution in [0.3, 0.4) is 0 Å². The SMILES string of the molecule is COc1ccc(-c2oc3ncnc(NCCN(C)C)c3c2-c2ccc(OC)cc2)cc1. The lowest BCUT2D eigenvalue weighted by molar-refractivity contribution is 0.414. The van der Waals surface area contributed by atoms with Crippen LogP contribution in [0, 0.1) is 0 Å². The first-order valence-electron chi connectivity index (χ1n) is 10.1. The zero-order chi connectivity index (χ0) is 21.8. The van der Waals surface area contributed by atoms with E-state index >= 15 is 0 Å². The summed E-state index contributed by atoms with van der Waals surface area (Å²) in [5.41, 5.74) is 3.41. The van der Waals surface area contributed by atoms with Gasteiger partial charge in [0.25, 0.3) is 0 Å². The summed E-state index contributed by atoms with van der Waals surface area (Å²) in [4.78, 5) is 11.0. The van der Waals surface area contributed by atoms with Gasteiger partial charge in [-0.05, 0) is 56.1 Å². The molecule has 160 valence electrons. The smallest absolute Gasteiger partial charge is 0.232 e. The minimum atomic E-state index is 0.541. The van der Waals surface area contributed by atoms with E-state index in [2.05, 4.69) is 20.2 Å². The molecule has 0 fully saturated rings. The van der Waals surface area contributed by atoms with Crippen LogP contribution in [0.2, 0.25) is 0 Å². The molecule has 0 atom stereocenters. The number of anilines is 1. The van der Waals surface area contributed by atoms with Crippen LogP contribution in [0.1, 0.15) is 0 Å². The number of nitrogens with zero attached hydrogens (tertiary/aromatic N) is 3. The van der Waals surface area contributed by atoms with E-state index in [0.29, 0.717) is 5.71 Å². The summed E-state index contributed by atoms with van der Waals surface area (Å²) in [5, 5.41) is 4.30. The van der Waals surface area contributed by atoms with E-state index in [1.54, 1.807) is 14.2 Å². The van der Waals surface area contributed by atoms with Crippen LogP contribution in [-0.4, -0.2) is 56.3 Å². The fourth-order valence-corrected chi connectivity index (χ4v) is 3.44. The molecule has 1 N–H and O–H groups in total. The van der Waals surface area contributed by atoms with Crippen molar-refractivity contribution in [3.8, 4) is 33.9 Å². The first kappa shape index (κ1) is 20.7. The predicted molar refractivity (Wildman–Crippen MR) is 123 cm³/mol. The van der Waals surface area contributed by atoms with Crippen molar-refractivity contribution in [1.29, 1.82) is 0 Å². The zero-order valence-corrected chi connectivity index (χ0v) is 18.2. The Morgan fingerprint density at radius 3 is 2.06 bits per heavy atom. The molecule has 0 aliphatic carbocycles. The van der Waals surface area contributed by atoms with Crippen LogP contribution in [0.4, 0.5) is 5.82 Å². The summed E-state index contributed by atoms with van der Waals surface area (Å²) in [7, 11) is 7.39. The number of likely N-dealkylation sites (N-methyl/N-ethyl adjacent to an activating group) is 1. The number of ether oxygens (including phenoxy) is 2. The van der Waals surface area contributed by atoms with Crippen LogP contribution in [0.25, 0.3) is 33.6 Å². The fourth-order valence-electron chi connectivity index (χ4n) is 3.44. The van der Waals surface area contributed by atoms with Crippen molar-refractivity contribution in [2.45, 2.75) is 0 Å². The molecule has 0 saturated heterocycles. The molecule has 0 bridgehead atoms.